The van der Waals surface area contributed by atoms with E-state index in [4.69, 9.17) is 0 Å². The number of allylic oxidation sites excluding steroid dienone is 4. The summed E-state index contributed by atoms with van der Waals surface area (Å²) in [4.78, 5) is 0. The van der Waals surface area contributed by atoms with E-state index in [1.54, 1.807) is 0 Å². The summed E-state index contributed by atoms with van der Waals surface area (Å²) in [6, 6.07) is 0. The van der Waals surface area contributed by atoms with Gasteiger partial charge in [-0.1, -0.05) is 6.92 Å². The lowest BCUT2D eigenvalue weighted by Crippen LogP contribution is -1.76. The summed E-state index contributed by atoms with van der Waals surface area (Å²) in [6.45, 7) is 1.82. The van der Waals surface area contributed by atoms with Crippen LogP contribution >= 0.6 is 0 Å². The zero-order valence-corrected chi connectivity index (χ0v) is 5.25. The zero-order chi connectivity index (χ0) is 6.85. The lowest BCUT2D eigenvalue weighted by Gasteiger charge is -1.92. The molecule has 0 fully saturated rings. The zero-order valence-electron chi connectivity index (χ0n) is 5.25. The normalized spacial score (nSPS) is 18.8. The number of halogens is 2. The van der Waals surface area contributed by atoms with Crippen molar-refractivity contribution in [3.05, 3.63) is 23.3 Å². The van der Waals surface area contributed by atoms with Gasteiger partial charge in [-0.05, 0) is 24.5 Å². The molecule has 0 unspecified atom stereocenters. The molecule has 1 rings (SSSR count). The summed E-state index contributed by atoms with van der Waals surface area (Å²) in [5, 5.41) is 0. The Hall–Kier alpha value is -0.660. The van der Waals surface area contributed by atoms with E-state index in [2.05, 4.69) is 0 Å². The Morgan fingerprint density at radius 3 is 2.44 bits per heavy atom. The van der Waals surface area contributed by atoms with Crippen molar-refractivity contribution in [3.63, 3.8) is 0 Å². The van der Waals surface area contributed by atoms with Gasteiger partial charge in [0, 0.05) is 0 Å². The fourth-order valence-electron chi connectivity index (χ4n) is 0.860. The van der Waals surface area contributed by atoms with E-state index in [9.17, 15) is 8.78 Å². The van der Waals surface area contributed by atoms with Crippen molar-refractivity contribution in [2.45, 2.75) is 19.8 Å². The quantitative estimate of drug-likeness (QED) is 0.512. The number of hydrogen-bond donors (Lipinski definition) is 0. The van der Waals surface area contributed by atoms with Crippen molar-refractivity contribution in [2.24, 2.45) is 0 Å². The fraction of sp³-hybridized carbons (Fsp3) is 0.429. The summed E-state index contributed by atoms with van der Waals surface area (Å²) in [5.41, 5.74) is 0.576. The van der Waals surface area contributed by atoms with Crippen molar-refractivity contribution in [1.29, 1.82) is 0 Å². The van der Waals surface area contributed by atoms with Gasteiger partial charge in [0.1, 0.15) is 0 Å². The fourth-order valence-corrected chi connectivity index (χ4v) is 0.860. The van der Waals surface area contributed by atoms with Gasteiger partial charge < -0.3 is 0 Å². The molecule has 50 valence electrons. The third kappa shape index (κ3) is 1.02. The van der Waals surface area contributed by atoms with E-state index >= 15 is 0 Å². The average Bonchev–Trinajstić information content (AvgIpc) is 2.15. The predicted molar refractivity (Wildman–Crippen MR) is 32.2 cm³/mol. The Kier molecular flexibility index (Phi) is 1.65. The first-order chi connectivity index (χ1) is 4.25. The Balaban J connectivity index is 2.79. The van der Waals surface area contributed by atoms with Crippen LogP contribution in [0.25, 0.3) is 0 Å². The van der Waals surface area contributed by atoms with Crippen LogP contribution in [0.15, 0.2) is 23.3 Å². The Bertz CT molecular complexity index is 177. The second kappa shape index (κ2) is 2.29. The van der Waals surface area contributed by atoms with Crippen molar-refractivity contribution in [2.75, 3.05) is 0 Å². The van der Waals surface area contributed by atoms with E-state index in [-0.39, 0.29) is 0 Å². The molecule has 0 atom stereocenters. The molecule has 0 aromatic rings. The standard InChI is InChI=1S/C7H8F2/c1-2-5-3-4-6(8)7(5)9/h4H,2-3H2,1H3. The molecular formula is C7H8F2. The van der Waals surface area contributed by atoms with Gasteiger partial charge in [0.25, 0.3) is 0 Å². The molecule has 0 heterocycles. The summed E-state index contributed by atoms with van der Waals surface area (Å²) in [7, 11) is 0. The van der Waals surface area contributed by atoms with Crippen molar-refractivity contribution in [1.82, 2.24) is 0 Å². The van der Waals surface area contributed by atoms with Crippen LogP contribution in [0.2, 0.25) is 0 Å². The van der Waals surface area contributed by atoms with Crippen LogP contribution < -0.4 is 0 Å². The van der Waals surface area contributed by atoms with Crippen LogP contribution in [0.1, 0.15) is 19.8 Å². The summed E-state index contributed by atoms with van der Waals surface area (Å²) in [5.74, 6) is -1.33. The molecule has 0 amide bonds. The van der Waals surface area contributed by atoms with Gasteiger partial charge in [-0.15, -0.1) is 0 Å². The maximum atomic E-state index is 12.4. The molecule has 0 saturated heterocycles. The highest BCUT2D eigenvalue weighted by Gasteiger charge is 2.14. The van der Waals surface area contributed by atoms with E-state index < -0.39 is 11.7 Å². The topological polar surface area (TPSA) is 0 Å². The molecule has 0 nitrogen and oxygen atoms in total. The highest BCUT2D eigenvalue weighted by atomic mass is 19.2. The Morgan fingerprint density at radius 1 is 1.56 bits per heavy atom. The molecule has 0 saturated carbocycles. The van der Waals surface area contributed by atoms with Gasteiger partial charge in [-0.3, -0.25) is 0 Å². The monoisotopic (exact) mass is 130 g/mol. The molecular weight excluding hydrogens is 122 g/mol. The van der Waals surface area contributed by atoms with Crippen LogP contribution in [-0.2, 0) is 0 Å². The minimum atomic E-state index is -0.688. The van der Waals surface area contributed by atoms with Gasteiger partial charge in [0.2, 0.25) is 0 Å². The lowest BCUT2D eigenvalue weighted by molar-refractivity contribution is 0.544. The third-order valence-electron chi connectivity index (χ3n) is 1.47. The van der Waals surface area contributed by atoms with Crippen LogP contribution in [0.5, 0.6) is 0 Å². The summed E-state index contributed by atoms with van der Waals surface area (Å²) >= 11 is 0. The molecule has 1 aliphatic carbocycles. The van der Waals surface area contributed by atoms with Crippen LogP contribution in [0.4, 0.5) is 8.78 Å². The first-order valence-corrected chi connectivity index (χ1v) is 2.99. The Labute approximate surface area is 52.9 Å². The summed E-state index contributed by atoms with van der Waals surface area (Å²) in [6.07, 6.45) is 2.33. The minimum absolute atomic E-state index is 0.453. The van der Waals surface area contributed by atoms with Crippen LogP contribution in [0.3, 0.4) is 0 Å². The smallest absolute Gasteiger partial charge is 0.158 e. The molecule has 1 aliphatic rings. The van der Waals surface area contributed by atoms with E-state index in [1.807, 2.05) is 6.92 Å². The third-order valence-corrected chi connectivity index (χ3v) is 1.47. The van der Waals surface area contributed by atoms with Crippen LogP contribution in [0, 0.1) is 0 Å². The highest BCUT2D eigenvalue weighted by molar-refractivity contribution is 5.33. The van der Waals surface area contributed by atoms with E-state index in [0.29, 0.717) is 18.4 Å². The molecule has 0 aromatic carbocycles. The van der Waals surface area contributed by atoms with E-state index in [1.165, 1.54) is 6.08 Å². The lowest BCUT2D eigenvalue weighted by atomic mass is 10.2. The van der Waals surface area contributed by atoms with E-state index in [0.717, 1.165) is 0 Å². The molecule has 0 radical (unpaired) electrons. The molecule has 0 spiro atoms. The van der Waals surface area contributed by atoms with Gasteiger partial charge >= 0.3 is 0 Å². The number of hydrogen-bond acceptors (Lipinski definition) is 0. The second-order valence-corrected chi connectivity index (χ2v) is 2.03. The molecule has 2 heteroatoms. The predicted octanol–water partition coefficient (Wildman–Crippen LogP) is 2.88. The van der Waals surface area contributed by atoms with Crippen molar-refractivity contribution < 1.29 is 8.78 Å². The maximum absolute atomic E-state index is 12.4. The molecule has 0 N–H and O–H groups in total. The SMILES string of the molecule is CCC1=C(F)C(F)=CC1. The molecule has 0 aliphatic heterocycles. The molecule has 0 aromatic heterocycles. The highest BCUT2D eigenvalue weighted by Crippen LogP contribution is 2.29. The van der Waals surface area contributed by atoms with Gasteiger partial charge in [0.05, 0.1) is 0 Å². The second-order valence-electron chi connectivity index (χ2n) is 2.03. The van der Waals surface area contributed by atoms with Gasteiger partial charge in [-0.2, -0.15) is 0 Å². The molecule has 9 heavy (non-hydrogen) atoms. The Morgan fingerprint density at radius 2 is 2.22 bits per heavy atom. The number of rotatable bonds is 1. The largest absolute Gasteiger partial charge is 0.204 e. The van der Waals surface area contributed by atoms with Gasteiger partial charge in [0.15, 0.2) is 11.7 Å². The van der Waals surface area contributed by atoms with Gasteiger partial charge in [-0.25, -0.2) is 8.78 Å². The summed E-state index contributed by atoms with van der Waals surface area (Å²) < 4.78 is 24.6. The first-order valence-electron chi connectivity index (χ1n) is 2.99. The van der Waals surface area contributed by atoms with Crippen molar-refractivity contribution in [3.8, 4) is 0 Å². The van der Waals surface area contributed by atoms with Crippen LogP contribution in [-0.4, -0.2) is 0 Å². The first kappa shape index (κ1) is 6.46. The average molecular weight is 130 g/mol. The maximum Gasteiger partial charge on any atom is 0.158 e. The van der Waals surface area contributed by atoms with Crippen molar-refractivity contribution >= 4 is 0 Å². The molecule has 0 bridgehead atoms. The minimum Gasteiger partial charge on any atom is -0.204 e.